The molecule has 98 valence electrons. The lowest BCUT2D eigenvalue weighted by Crippen LogP contribution is -2.16. The van der Waals surface area contributed by atoms with Gasteiger partial charge in [-0.3, -0.25) is 5.41 Å². The lowest BCUT2D eigenvalue weighted by Gasteiger charge is -2.18. The smallest absolute Gasteiger partial charge is 0.133 e. The van der Waals surface area contributed by atoms with Crippen LogP contribution in [-0.2, 0) is 0 Å². The zero-order chi connectivity index (χ0) is 13.0. The second-order valence-electron chi connectivity index (χ2n) is 4.79. The molecule has 18 heavy (non-hydrogen) atoms. The van der Waals surface area contributed by atoms with Crippen LogP contribution >= 0.6 is 15.9 Å². The Balaban J connectivity index is 2.06. The number of nitrogen functional groups attached to an aromatic ring is 1. The SMILES string of the molecule is N=C(N)c1ccc(OC2CCCCCC2)c(Br)c1. The third-order valence-corrected chi connectivity index (χ3v) is 3.96. The van der Waals surface area contributed by atoms with Gasteiger partial charge in [-0.1, -0.05) is 12.8 Å². The fraction of sp³-hybridized carbons (Fsp3) is 0.500. The van der Waals surface area contributed by atoms with Crippen molar-refractivity contribution in [3.8, 4) is 5.75 Å². The van der Waals surface area contributed by atoms with Crippen molar-refractivity contribution < 1.29 is 4.74 Å². The van der Waals surface area contributed by atoms with Crippen LogP contribution in [0.15, 0.2) is 22.7 Å². The van der Waals surface area contributed by atoms with E-state index in [1.54, 1.807) is 0 Å². The normalized spacial score (nSPS) is 17.2. The molecule has 0 spiro atoms. The number of amidine groups is 1. The molecule has 0 radical (unpaired) electrons. The van der Waals surface area contributed by atoms with Crippen LogP contribution in [0.5, 0.6) is 5.75 Å². The van der Waals surface area contributed by atoms with Crippen molar-refractivity contribution in [3.05, 3.63) is 28.2 Å². The Morgan fingerprint density at radius 3 is 2.44 bits per heavy atom. The quantitative estimate of drug-likeness (QED) is 0.506. The maximum absolute atomic E-state index is 7.40. The van der Waals surface area contributed by atoms with Crippen LogP contribution in [-0.4, -0.2) is 11.9 Å². The molecule has 1 fully saturated rings. The molecule has 0 heterocycles. The number of nitrogens with one attached hydrogen (secondary N) is 1. The van der Waals surface area contributed by atoms with E-state index >= 15 is 0 Å². The number of benzene rings is 1. The van der Waals surface area contributed by atoms with Crippen molar-refractivity contribution in [2.45, 2.75) is 44.6 Å². The highest BCUT2D eigenvalue weighted by atomic mass is 79.9. The van der Waals surface area contributed by atoms with E-state index in [1.165, 1.54) is 25.7 Å². The molecule has 1 aromatic carbocycles. The summed E-state index contributed by atoms with van der Waals surface area (Å²) < 4.78 is 6.92. The first-order valence-corrected chi connectivity index (χ1v) is 7.27. The number of nitrogens with two attached hydrogens (primary N) is 1. The van der Waals surface area contributed by atoms with E-state index in [9.17, 15) is 0 Å². The van der Waals surface area contributed by atoms with Crippen molar-refractivity contribution in [3.63, 3.8) is 0 Å². The molecule has 0 bridgehead atoms. The molecule has 4 heteroatoms. The number of hydrogen-bond donors (Lipinski definition) is 2. The van der Waals surface area contributed by atoms with Crippen LogP contribution in [0.25, 0.3) is 0 Å². The second kappa shape index (κ2) is 6.23. The van der Waals surface area contributed by atoms with Gasteiger partial charge in [0.2, 0.25) is 0 Å². The Morgan fingerprint density at radius 2 is 1.89 bits per heavy atom. The molecule has 3 N–H and O–H groups in total. The summed E-state index contributed by atoms with van der Waals surface area (Å²) in [7, 11) is 0. The van der Waals surface area contributed by atoms with Gasteiger partial charge >= 0.3 is 0 Å². The molecule has 0 amide bonds. The molecule has 1 aliphatic carbocycles. The summed E-state index contributed by atoms with van der Waals surface area (Å²) in [6.45, 7) is 0. The molecular weight excluding hydrogens is 292 g/mol. The molecular formula is C14H19BrN2O. The van der Waals surface area contributed by atoms with Gasteiger partial charge in [0.25, 0.3) is 0 Å². The van der Waals surface area contributed by atoms with Crippen LogP contribution in [0.3, 0.4) is 0 Å². The van der Waals surface area contributed by atoms with Gasteiger partial charge in [-0.05, 0) is 59.8 Å². The zero-order valence-corrected chi connectivity index (χ0v) is 12.0. The summed E-state index contributed by atoms with van der Waals surface area (Å²) in [6.07, 6.45) is 7.77. The molecule has 0 aliphatic heterocycles. The highest BCUT2D eigenvalue weighted by Crippen LogP contribution is 2.29. The van der Waals surface area contributed by atoms with Crippen molar-refractivity contribution in [2.75, 3.05) is 0 Å². The maximum atomic E-state index is 7.40. The number of hydrogen-bond acceptors (Lipinski definition) is 2. The third kappa shape index (κ3) is 3.48. The zero-order valence-electron chi connectivity index (χ0n) is 10.4. The lowest BCUT2D eigenvalue weighted by atomic mass is 10.1. The van der Waals surface area contributed by atoms with Gasteiger partial charge < -0.3 is 10.5 Å². The maximum Gasteiger partial charge on any atom is 0.133 e. The van der Waals surface area contributed by atoms with Crippen molar-refractivity contribution >= 4 is 21.8 Å². The van der Waals surface area contributed by atoms with Crippen molar-refractivity contribution in [2.24, 2.45) is 5.73 Å². The Hall–Kier alpha value is -1.03. The highest BCUT2D eigenvalue weighted by Gasteiger charge is 2.15. The summed E-state index contributed by atoms with van der Waals surface area (Å²) in [5.41, 5.74) is 6.18. The number of halogens is 1. The Bertz CT molecular complexity index is 426. The molecule has 1 aromatic rings. The van der Waals surface area contributed by atoms with E-state index in [1.807, 2.05) is 18.2 Å². The Labute approximate surface area is 116 Å². The molecule has 1 saturated carbocycles. The molecule has 0 aromatic heterocycles. The monoisotopic (exact) mass is 310 g/mol. The van der Waals surface area contributed by atoms with Gasteiger partial charge in [0, 0.05) is 5.56 Å². The number of ether oxygens (including phenoxy) is 1. The number of rotatable bonds is 3. The Morgan fingerprint density at radius 1 is 1.22 bits per heavy atom. The van der Waals surface area contributed by atoms with Gasteiger partial charge in [0.1, 0.15) is 11.6 Å². The fourth-order valence-corrected chi connectivity index (χ4v) is 2.78. The third-order valence-electron chi connectivity index (χ3n) is 3.34. The van der Waals surface area contributed by atoms with Crippen LogP contribution in [0, 0.1) is 5.41 Å². The van der Waals surface area contributed by atoms with Crippen LogP contribution in [0.4, 0.5) is 0 Å². The Kier molecular flexibility index (Phi) is 4.64. The van der Waals surface area contributed by atoms with E-state index < -0.39 is 0 Å². The largest absolute Gasteiger partial charge is 0.489 e. The minimum Gasteiger partial charge on any atom is -0.489 e. The van der Waals surface area contributed by atoms with E-state index in [2.05, 4.69) is 15.9 Å². The second-order valence-corrected chi connectivity index (χ2v) is 5.64. The fourth-order valence-electron chi connectivity index (χ4n) is 2.30. The van der Waals surface area contributed by atoms with Gasteiger partial charge in [0.05, 0.1) is 10.6 Å². The molecule has 3 nitrogen and oxygen atoms in total. The summed E-state index contributed by atoms with van der Waals surface area (Å²) in [5.74, 6) is 0.934. The molecule has 0 atom stereocenters. The molecule has 0 saturated heterocycles. The summed E-state index contributed by atoms with van der Waals surface area (Å²) in [6, 6.07) is 5.57. The van der Waals surface area contributed by atoms with Crippen molar-refractivity contribution in [1.29, 1.82) is 5.41 Å². The van der Waals surface area contributed by atoms with Crippen LogP contribution < -0.4 is 10.5 Å². The average Bonchev–Trinajstić information content (AvgIpc) is 2.60. The van der Waals surface area contributed by atoms with Gasteiger partial charge in [0.15, 0.2) is 0 Å². The topological polar surface area (TPSA) is 59.1 Å². The summed E-state index contributed by atoms with van der Waals surface area (Å²) in [4.78, 5) is 0. The summed E-state index contributed by atoms with van der Waals surface area (Å²) >= 11 is 3.48. The first kappa shape index (κ1) is 13.4. The van der Waals surface area contributed by atoms with E-state index in [4.69, 9.17) is 15.9 Å². The standard InChI is InChI=1S/C14H19BrN2O/c15-12-9-10(14(16)17)7-8-13(12)18-11-5-3-1-2-4-6-11/h7-9,11H,1-6H2,(H3,16,17). The van der Waals surface area contributed by atoms with E-state index in [0.29, 0.717) is 6.10 Å². The molecule has 1 aliphatic rings. The predicted molar refractivity (Wildman–Crippen MR) is 77.3 cm³/mol. The van der Waals surface area contributed by atoms with Crippen LogP contribution in [0.1, 0.15) is 44.1 Å². The van der Waals surface area contributed by atoms with E-state index in [0.717, 1.165) is 28.6 Å². The average molecular weight is 311 g/mol. The first-order chi connectivity index (χ1) is 8.66. The molecule has 2 rings (SSSR count). The van der Waals surface area contributed by atoms with Gasteiger partial charge in [-0.2, -0.15) is 0 Å². The van der Waals surface area contributed by atoms with Crippen LogP contribution in [0.2, 0.25) is 0 Å². The lowest BCUT2D eigenvalue weighted by molar-refractivity contribution is 0.182. The summed E-state index contributed by atoms with van der Waals surface area (Å²) in [5, 5.41) is 7.40. The van der Waals surface area contributed by atoms with Gasteiger partial charge in [-0.25, -0.2) is 0 Å². The predicted octanol–water partition coefficient (Wildman–Crippen LogP) is 3.83. The van der Waals surface area contributed by atoms with E-state index in [-0.39, 0.29) is 5.84 Å². The highest BCUT2D eigenvalue weighted by molar-refractivity contribution is 9.10. The first-order valence-electron chi connectivity index (χ1n) is 6.47. The van der Waals surface area contributed by atoms with Crippen molar-refractivity contribution in [1.82, 2.24) is 0 Å². The minimum absolute atomic E-state index is 0.0803. The van der Waals surface area contributed by atoms with Gasteiger partial charge in [-0.15, -0.1) is 0 Å². The minimum atomic E-state index is 0.0803. The molecule has 0 unspecified atom stereocenters.